The van der Waals surface area contributed by atoms with Crippen molar-refractivity contribution in [2.45, 2.75) is 0 Å². The van der Waals surface area contributed by atoms with Crippen LogP contribution in [0, 0.1) is 11.8 Å². The summed E-state index contributed by atoms with van der Waals surface area (Å²) in [4.78, 5) is 12.2. The van der Waals surface area contributed by atoms with Gasteiger partial charge in [-0.3, -0.25) is 4.79 Å². The van der Waals surface area contributed by atoms with Gasteiger partial charge in [0.25, 0.3) is 5.91 Å². The topological polar surface area (TPSA) is 55.1 Å². The first-order valence-corrected chi connectivity index (χ1v) is 6.91. The fourth-order valence-corrected chi connectivity index (χ4v) is 1.97. The zero-order chi connectivity index (χ0) is 15.2. The largest absolute Gasteiger partial charge is 0.321 e. The van der Waals surface area contributed by atoms with E-state index in [0.717, 1.165) is 0 Å². The Bertz CT molecular complexity index is 715. The first-order chi connectivity index (χ1) is 10.1. The van der Waals surface area contributed by atoms with Crippen LogP contribution in [-0.2, 0) is 0 Å². The first kappa shape index (κ1) is 15.4. The molecule has 106 valence electrons. The molecule has 0 unspecified atom stereocenters. The number of carbonyl (C=O) groups is 1. The molecule has 0 aliphatic carbocycles. The van der Waals surface area contributed by atoms with E-state index in [1.165, 1.54) is 0 Å². The molecule has 21 heavy (non-hydrogen) atoms. The number of carbonyl (C=O) groups excluding carboxylic acids is 1. The van der Waals surface area contributed by atoms with Crippen LogP contribution >= 0.6 is 23.2 Å². The predicted molar refractivity (Wildman–Crippen MR) is 86.8 cm³/mol. The van der Waals surface area contributed by atoms with Gasteiger partial charge in [0.15, 0.2) is 0 Å². The maximum Gasteiger partial charge on any atom is 0.255 e. The summed E-state index contributed by atoms with van der Waals surface area (Å²) in [6.45, 7) is 0.233. The predicted octanol–water partition coefficient (Wildman–Crippen LogP) is 3.56. The van der Waals surface area contributed by atoms with E-state index in [2.05, 4.69) is 17.2 Å². The Labute approximate surface area is 133 Å². The summed E-state index contributed by atoms with van der Waals surface area (Å²) in [5, 5.41) is 3.92. The SMILES string of the molecule is NCC#Cc1cc(Cl)ccc1NC(=O)c1ccc(Cl)cc1. The van der Waals surface area contributed by atoms with E-state index < -0.39 is 0 Å². The summed E-state index contributed by atoms with van der Waals surface area (Å²) in [5.41, 5.74) is 7.08. The molecule has 0 radical (unpaired) electrons. The van der Waals surface area contributed by atoms with Crippen LogP contribution in [0.4, 0.5) is 5.69 Å². The summed E-state index contributed by atoms with van der Waals surface area (Å²) in [5.74, 6) is 5.38. The van der Waals surface area contributed by atoms with Gasteiger partial charge < -0.3 is 11.1 Å². The van der Waals surface area contributed by atoms with Gasteiger partial charge in [-0.15, -0.1) is 0 Å². The van der Waals surface area contributed by atoms with Gasteiger partial charge in [0.2, 0.25) is 0 Å². The summed E-state index contributed by atoms with van der Waals surface area (Å²) in [6.07, 6.45) is 0. The van der Waals surface area contributed by atoms with Crippen LogP contribution in [0.1, 0.15) is 15.9 Å². The smallest absolute Gasteiger partial charge is 0.255 e. The Balaban J connectivity index is 2.26. The van der Waals surface area contributed by atoms with Crippen molar-refractivity contribution in [2.24, 2.45) is 5.73 Å². The Morgan fingerprint density at radius 1 is 1.10 bits per heavy atom. The van der Waals surface area contributed by atoms with Gasteiger partial charge >= 0.3 is 0 Å². The van der Waals surface area contributed by atoms with E-state index in [9.17, 15) is 4.79 Å². The molecule has 2 aromatic carbocycles. The third kappa shape index (κ3) is 4.24. The summed E-state index contributed by atoms with van der Waals surface area (Å²) < 4.78 is 0. The number of nitrogens with two attached hydrogens (primary N) is 1. The lowest BCUT2D eigenvalue weighted by Crippen LogP contribution is -2.12. The second-order valence-electron chi connectivity index (χ2n) is 4.16. The van der Waals surface area contributed by atoms with Crippen molar-refractivity contribution in [1.82, 2.24) is 0 Å². The zero-order valence-corrected chi connectivity index (χ0v) is 12.5. The summed E-state index contributed by atoms with van der Waals surface area (Å²) in [7, 11) is 0. The minimum absolute atomic E-state index is 0.233. The van der Waals surface area contributed by atoms with Gasteiger partial charge in [-0.05, 0) is 42.5 Å². The van der Waals surface area contributed by atoms with Gasteiger partial charge in [-0.1, -0.05) is 35.0 Å². The Hall–Kier alpha value is -1.99. The van der Waals surface area contributed by atoms with Crippen LogP contribution in [0.2, 0.25) is 10.0 Å². The maximum atomic E-state index is 12.2. The number of halogens is 2. The lowest BCUT2D eigenvalue weighted by Gasteiger charge is -2.08. The average Bonchev–Trinajstić information content (AvgIpc) is 2.48. The molecule has 0 heterocycles. The molecule has 2 rings (SSSR count). The average molecular weight is 319 g/mol. The highest BCUT2D eigenvalue weighted by Crippen LogP contribution is 2.21. The Morgan fingerprint density at radius 3 is 2.43 bits per heavy atom. The van der Waals surface area contributed by atoms with Gasteiger partial charge in [0.1, 0.15) is 0 Å². The van der Waals surface area contributed by atoms with E-state index in [1.807, 2.05) is 0 Å². The molecular weight excluding hydrogens is 307 g/mol. The van der Waals surface area contributed by atoms with Gasteiger partial charge in [0, 0.05) is 21.2 Å². The lowest BCUT2D eigenvalue weighted by atomic mass is 10.1. The normalized spacial score (nSPS) is 9.67. The van der Waals surface area contributed by atoms with Crippen molar-refractivity contribution in [2.75, 3.05) is 11.9 Å². The molecule has 0 bridgehead atoms. The van der Waals surface area contributed by atoms with E-state index in [1.54, 1.807) is 42.5 Å². The van der Waals surface area contributed by atoms with Crippen molar-refractivity contribution in [3.8, 4) is 11.8 Å². The van der Waals surface area contributed by atoms with E-state index in [4.69, 9.17) is 28.9 Å². The number of rotatable bonds is 2. The number of amides is 1. The van der Waals surface area contributed by atoms with Crippen molar-refractivity contribution < 1.29 is 4.79 Å². The molecule has 3 nitrogen and oxygen atoms in total. The van der Waals surface area contributed by atoms with Crippen molar-refractivity contribution in [1.29, 1.82) is 0 Å². The molecule has 2 aromatic rings. The number of hydrogen-bond donors (Lipinski definition) is 2. The molecular formula is C16H12Cl2N2O. The highest BCUT2D eigenvalue weighted by molar-refractivity contribution is 6.31. The van der Waals surface area contributed by atoms with Crippen LogP contribution in [0.25, 0.3) is 0 Å². The fourth-order valence-electron chi connectivity index (χ4n) is 1.67. The molecule has 5 heteroatoms. The lowest BCUT2D eigenvalue weighted by molar-refractivity contribution is 0.102. The van der Waals surface area contributed by atoms with Crippen LogP contribution in [0.5, 0.6) is 0 Å². The molecule has 0 aliphatic heterocycles. The third-order valence-corrected chi connectivity index (χ3v) is 3.15. The van der Waals surface area contributed by atoms with Crippen molar-refractivity contribution in [3.05, 3.63) is 63.6 Å². The fraction of sp³-hybridized carbons (Fsp3) is 0.0625. The molecule has 0 aromatic heterocycles. The standard InChI is InChI=1S/C16H12Cl2N2O/c17-13-5-3-11(4-6-13)16(21)20-15-8-7-14(18)10-12(15)2-1-9-19/h3-8,10H,9,19H2,(H,20,21). The maximum absolute atomic E-state index is 12.2. The summed E-state index contributed by atoms with van der Waals surface area (Å²) >= 11 is 11.7. The van der Waals surface area contributed by atoms with Gasteiger partial charge in [-0.25, -0.2) is 0 Å². The Morgan fingerprint density at radius 2 is 1.76 bits per heavy atom. The minimum Gasteiger partial charge on any atom is -0.321 e. The number of hydrogen-bond acceptors (Lipinski definition) is 2. The quantitative estimate of drug-likeness (QED) is 0.832. The highest BCUT2D eigenvalue weighted by atomic mass is 35.5. The molecule has 0 saturated carbocycles. The molecule has 0 spiro atoms. The van der Waals surface area contributed by atoms with Crippen molar-refractivity contribution >= 4 is 34.8 Å². The van der Waals surface area contributed by atoms with Crippen molar-refractivity contribution in [3.63, 3.8) is 0 Å². The van der Waals surface area contributed by atoms with E-state index in [-0.39, 0.29) is 12.5 Å². The number of benzene rings is 2. The molecule has 0 atom stereocenters. The van der Waals surface area contributed by atoms with Gasteiger partial charge in [0.05, 0.1) is 12.2 Å². The monoisotopic (exact) mass is 318 g/mol. The van der Waals surface area contributed by atoms with Crippen LogP contribution in [0.15, 0.2) is 42.5 Å². The molecule has 0 saturated heterocycles. The molecule has 0 fully saturated rings. The number of anilines is 1. The Kier molecular flexibility index (Phi) is 5.24. The van der Waals surface area contributed by atoms with Crippen LogP contribution < -0.4 is 11.1 Å². The number of nitrogens with one attached hydrogen (secondary N) is 1. The third-order valence-electron chi connectivity index (χ3n) is 2.66. The molecule has 3 N–H and O–H groups in total. The first-order valence-electron chi connectivity index (χ1n) is 6.15. The zero-order valence-electron chi connectivity index (χ0n) is 11.0. The highest BCUT2D eigenvalue weighted by Gasteiger charge is 2.08. The second-order valence-corrected chi connectivity index (χ2v) is 5.03. The molecule has 1 amide bonds. The van der Waals surface area contributed by atoms with E-state index in [0.29, 0.717) is 26.9 Å². The van der Waals surface area contributed by atoms with Gasteiger partial charge in [-0.2, -0.15) is 0 Å². The van der Waals surface area contributed by atoms with E-state index >= 15 is 0 Å². The van der Waals surface area contributed by atoms with Crippen LogP contribution in [-0.4, -0.2) is 12.5 Å². The van der Waals surface area contributed by atoms with Crippen LogP contribution in [0.3, 0.4) is 0 Å². The molecule has 0 aliphatic rings. The minimum atomic E-state index is -0.246. The summed E-state index contributed by atoms with van der Waals surface area (Å²) in [6, 6.07) is 11.7. The second kappa shape index (κ2) is 7.14.